The number of ether oxygens (including phenoxy) is 2. The zero-order valence-corrected chi connectivity index (χ0v) is 10.6. The monoisotopic (exact) mass is 282 g/mol. The predicted molar refractivity (Wildman–Crippen MR) is 63.4 cm³/mol. The van der Waals surface area contributed by atoms with Gasteiger partial charge in [0.25, 0.3) is 0 Å². The molecule has 0 aliphatic heterocycles. The maximum Gasteiger partial charge on any atom is 0.404 e. The summed E-state index contributed by atoms with van der Waals surface area (Å²) in [4.78, 5) is 0. The van der Waals surface area contributed by atoms with Crippen LogP contribution in [-0.2, 0) is 0 Å². The van der Waals surface area contributed by atoms with Gasteiger partial charge in [0.2, 0.25) is 0 Å². The Hall–Kier alpha value is -1.10. The largest absolute Gasteiger partial charge is 0.497 e. The molecule has 0 spiro atoms. The molecule has 1 rings (SSSR count). The highest BCUT2D eigenvalue weighted by molar-refractivity contribution is 6.21. The summed E-state index contributed by atoms with van der Waals surface area (Å²) in [7, 11) is 1.55. The van der Waals surface area contributed by atoms with E-state index in [4.69, 9.17) is 21.1 Å². The van der Waals surface area contributed by atoms with Gasteiger partial charge in [-0.05, 0) is 37.1 Å². The van der Waals surface area contributed by atoms with E-state index >= 15 is 0 Å². The topological polar surface area (TPSA) is 18.5 Å². The van der Waals surface area contributed by atoms with Gasteiger partial charge in [0.05, 0.1) is 13.7 Å². The third-order valence-electron chi connectivity index (χ3n) is 2.29. The van der Waals surface area contributed by atoms with Crippen molar-refractivity contribution in [2.24, 2.45) is 0 Å². The van der Waals surface area contributed by atoms with Crippen molar-refractivity contribution in [1.82, 2.24) is 0 Å². The van der Waals surface area contributed by atoms with Crippen LogP contribution in [0.25, 0.3) is 0 Å². The number of benzene rings is 1. The highest BCUT2D eigenvalue weighted by Gasteiger charge is 2.37. The molecule has 0 aliphatic carbocycles. The minimum absolute atomic E-state index is 0.152. The van der Waals surface area contributed by atoms with Crippen LogP contribution in [0.1, 0.15) is 12.8 Å². The van der Waals surface area contributed by atoms with Gasteiger partial charge in [-0.1, -0.05) is 0 Å². The average Bonchev–Trinajstić information content (AvgIpc) is 2.34. The maximum absolute atomic E-state index is 12.1. The molecule has 1 atom stereocenters. The number of halogens is 4. The Morgan fingerprint density at radius 3 is 2.22 bits per heavy atom. The molecule has 0 heterocycles. The van der Waals surface area contributed by atoms with Gasteiger partial charge >= 0.3 is 6.18 Å². The van der Waals surface area contributed by atoms with E-state index in [0.29, 0.717) is 11.5 Å². The number of methoxy groups -OCH3 is 1. The van der Waals surface area contributed by atoms with E-state index < -0.39 is 11.6 Å². The Labute approximate surface area is 109 Å². The zero-order chi connectivity index (χ0) is 13.6. The lowest BCUT2D eigenvalue weighted by Crippen LogP contribution is -2.23. The van der Waals surface area contributed by atoms with Crippen LogP contribution in [0.3, 0.4) is 0 Å². The lowest BCUT2D eigenvalue weighted by atomic mass is 10.2. The Morgan fingerprint density at radius 2 is 1.72 bits per heavy atom. The maximum atomic E-state index is 12.1. The third kappa shape index (κ3) is 5.04. The molecule has 18 heavy (non-hydrogen) atoms. The molecule has 2 nitrogen and oxygen atoms in total. The highest BCUT2D eigenvalue weighted by Crippen LogP contribution is 2.28. The van der Waals surface area contributed by atoms with Gasteiger partial charge in [0, 0.05) is 0 Å². The van der Waals surface area contributed by atoms with Crippen LogP contribution in [-0.4, -0.2) is 25.3 Å². The Morgan fingerprint density at radius 1 is 1.17 bits per heavy atom. The van der Waals surface area contributed by atoms with Crippen molar-refractivity contribution in [3.63, 3.8) is 0 Å². The van der Waals surface area contributed by atoms with E-state index in [9.17, 15) is 13.2 Å². The molecule has 0 saturated carbocycles. The SMILES string of the molecule is COc1ccc(OCCCC(Cl)C(F)(F)F)cc1. The van der Waals surface area contributed by atoms with Gasteiger partial charge in [-0.2, -0.15) is 13.2 Å². The molecule has 102 valence electrons. The fourth-order valence-electron chi connectivity index (χ4n) is 1.29. The summed E-state index contributed by atoms with van der Waals surface area (Å²) in [5.41, 5.74) is 0. The number of hydrogen-bond donors (Lipinski definition) is 0. The van der Waals surface area contributed by atoms with E-state index in [1.54, 1.807) is 31.4 Å². The summed E-state index contributed by atoms with van der Waals surface area (Å²) in [6.45, 7) is 0.200. The lowest BCUT2D eigenvalue weighted by Gasteiger charge is -2.13. The van der Waals surface area contributed by atoms with Gasteiger partial charge in [-0.25, -0.2) is 0 Å². The molecular weight excluding hydrogens is 269 g/mol. The smallest absolute Gasteiger partial charge is 0.404 e. The van der Waals surface area contributed by atoms with Crippen LogP contribution in [0.15, 0.2) is 24.3 Å². The molecule has 1 unspecified atom stereocenters. The van der Waals surface area contributed by atoms with Crippen molar-refractivity contribution in [3.05, 3.63) is 24.3 Å². The second kappa shape index (κ2) is 6.73. The minimum atomic E-state index is -4.35. The fraction of sp³-hybridized carbons (Fsp3) is 0.500. The van der Waals surface area contributed by atoms with Crippen molar-refractivity contribution in [3.8, 4) is 11.5 Å². The van der Waals surface area contributed by atoms with Crippen molar-refractivity contribution in [1.29, 1.82) is 0 Å². The van der Waals surface area contributed by atoms with E-state index in [0.717, 1.165) is 0 Å². The first kappa shape index (κ1) is 15.0. The van der Waals surface area contributed by atoms with Crippen molar-refractivity contribution < 1.29 is 22.6 Å². The van der Waals surface area contributed by atoms with Crippen molar-refractivity contribution in [2.75, 3.05) is 13.7 Å². The fourth-order valence-corrected chi connectivity index (χ4v) is 1.44. The standard InChI is InChI=1S/C12H14ClF3O2/c1-17-9-4-6-10(7-5-9)18-8-2-3-11(13)12(14,15)16/h4-7,11H,2-3,8H2,1H3. The van der Waals surface area contributed by atoms with Crippen molar-refractivity contribution >= 4 is 11.6 Å². The molecule has 1 aromatic rings. The molecule has 0 amide bonds. The van der Waals surface area contributed by atoms with Crippen LogP contribution in [0.4, 0.5) is 13.2 Å². The lowest BCUT2D eigenvalue weighted by molar-refractivity contribution is -0.132. The molecule has 0 fully saturated rings. The first-order valence-corrected chi connectivity index (χ1v) is 5.85. The second-order valence-corrected chi connectivity index (χ2v) is 4.20. The molecule has 0 saturated heterocycles. The summed E-state index contributed by atoms with van der Waals surface area (Å²) < 4.78 is 46.5. The predicted octanol–water partition coefficient (Wildman–Crippen LogP) is 4.02. The van der Waals surface area contributed by atoms with E-state index in [-0.39, 0.29) is 19.4 Å². The van der Waals surface area contributed by atoms with Crippen LogP contribution in [0.5, 0.6) is 11.5 Å². The van der Waals surface area contributed by atoms with E-state index in [2.05, 4.69) is 0 Å². The summed E-state index contributed by atoms with van der Waals surface area (Å²) in [5, 5.41) is -1.81. The summed E-state index contributed by atoms with van der Waals surface area (Å²) in [6.07, 6.45) is -4.25. The molecule has 0 N–H and O–H groups in total. The number of rotatable bonds is 6. The molecule has 6 heteroatoms. The first-order chi connectivity index (χ1) is 8.43. The van der Waals surface area contributed by atoms with Crippen LogP contribution >= 0.6 is 11.6 Å². The van der Waals surface area contributed by atoms with Gasteiger partial charge < -0.3 is 9.47 Å². The molecule has 1 aromatic carbocycles. The summed E-state index contributed by atoms with van der Waals surface area (Å²) >= 11 is 5.18. The molecule has 0 bridgehead atoms. The molecule has 0 aliphatic rings. The Balaban J connectivity index is 2.25. The summed E-state index contributed by atoms with van der Waals surface area (Å²) in [5.74, 6) is 1.29. The quantitative estimate of drug-likeness (QED) is 0.579. The normalized spacial score (nSPS) is 13.2. The number of hydrogen-bond acceptors (Lipinski definition) is 2. The highest BCUT2D eigenvalue weighted by atomic mass is 35.5. The third-order valence-corrected chi connectivity index (χ3v) is 2.75. The minimum Gasteiger partial charge on any atom is -0.497 e. The molecule has 0 radical (unpaired) electrons. The van der Waals surface area contributed by atoms with Gasteiger partial charge in [0.15, 0.2) is 0 Å². The van der Waals surface area contributed by atoms with Crippen LogP contribution in [0, 0.1) is 0 Å². The van der Waals surface area contributed by atoms with E-state index in [1.165, 1.54) is 0 Å². The Kier molecular flexibility index (Phi) is 5.59. The first-order valence-electron chi connectivity index (χ1n) is 5.41. The van der Waals surface area contributed by atoms with Crippen LogP contribution < -0.4 is 9.47 Å². The number of alkyl halides is 4. The second-order valence-electron chi connectivity index (χ2n) is 3.68. The van der Waals surface area contributed by atoms with Gasteiger partial charge in [0.1, 0.15) is 16.9 Å². The molecule has 0 aromatic heterocycles. The van der Waals surface area contributed by atoms with Gasteiger partial charge in [-0.3, -0.25) is 0 Å². The summed E-state index contributed by atoms with van der Waals surface area (Å²) in [6, 6.07) is 6.83. The van der Waals surface area contributed by atoms with Crippen LogP contribution in [0.2, 0.25) is 0 Å². The van der Waals surface area contributed by atoms with Crippen molar-refractivity contribution in [2.45, 2.75) is 24.4 Å². The zero-order valence-electron chi connectivity index (χ0n) is 9.84. The van der Waals surface area contributed by atoms with E-state index in [1.807, 2.05) is 0 Å². The average molecular weight is 283 g/mol. The Bertz CT molecular complexity index is 351. The molecular formula is C12H14ClF3O2. The van der Waals surface area contributed by atoms with Gasteiger partial charge in [-0.15, -0.1) is 11.6 Å².